The van der Waals surface area contributed by atoms with Gasteiger partial charge in [-0.3, -0.25) is 19.4 Å². The third-order valence-electron chi connectivity index (χ3n) is 4.64. The van der Waals surface area contributed by atoms with Crippen molar-refractivity contribution >= 4 is 17.8 Å². The van der Waals surface area contributed by atoms with Crippen molar-refractivity contribution in [2.75, 3.05) is 19.7 Å². The zero-order valence-corrected chi connectivity index (χ0v) is 16.1. The molecule has 0 N–H and O–H groups in total. The van der Waals surface area contributed by atoms with Crippen LogP contribution in [0.25, 0.3) is 5.69 Å². The van der Waals surface area contributed by atoms with Crippen LogP contribution in [0, 0.1) is 6.92 Å². The molecule has 28 heavy (non-hydrogen) atoms. The lowest BCUT2D eigenvalue weighted by molar-refractivity contribution is -0.148. The summed E-state index contributed by atoms with van der Waals surface area (Å²) in [7, 11) is 0. The predicted octanol–water partition coefficient (Wildman–Crippen LogP) is 2.11. The number of nitrogens with zero attached hydrogens (tertiary/aromatic N) is 4. The number of rotatable bonds is 6. The maximum atomic E-state index is 13.1. The Morgan fingerprint density at radius 3 is 2.50 bits per heavy atom. The number of hydrogen-bond donors (Lipinski definition) is 0. The molecule has 3 rings (SSSR count). The van der Waals surface area contributed by atoms with Crippen LogP contribution in [-0.2, 0) is 14.3 Å². The molecule has 0 atom stereocenters. The van der Waals surface area contributed by atoms with Crippen molar-refractivity contribution in [2.45, 2.75) is 33.1 Å². The number of carbonyl (C=O) groups is 3. The minimum Gasteiger partial charge on any atom is -0.466 e. The van der Waals surface area contributed by atoms with Gasteiger partial charge in [0.05, 0.1) is 36.2 Å². The molecule has 1 aromatic heterocycles. The van der Waals surface area contributed by atoms with Gasteiger partial charge in [-0.25, -0.2) is 9.69 Å². The first-order chi connectivity index (χ1) is 13.5. The van der Waals surface area contributed by atoms with Crippen LogP contribution < -0.4 is 0 Å². The smallest absolute Gasteiger partial charge is 0.306 e. The second-order valence-corrected chi connectivity index (χ2v) is 6.49. The molecule has 1 aliphatic rings. The molecule has 0 spiro atoms. The van der Waals surface area contributed by atoms with Gasteiger partial charge in [0, 0.05) is 19.5 Å². The Hall–Kier alpha value is -3.16. The molecule has 0 unspecified atom stereocenters. The molecule has 2 aromatic rings. The van der Waals surface area contributed by atoms with Gasteiger partial charge in [-0.1, -0.05) is 18.2 Å². The Morgan fingerprint density at radius 2 is 1.79 bits per heavy atom. The van der Waals surface area contributed by atoms with Crippen LogP contribution in [0.15, 0.2) is 36.5 Å². The number of carbonyl (C=O) groups excluding carboxylic acids is 3. The molecule has 2 amide bonds. The summed E-state index contributed by atoms with van der Waals surface area (Å²) in [6.45, 7) is 4.75. The lowest BCUT2D eigenvalue weighted by atomic mass is 10.2. The molecule has 0 radical (unpaired) electrons. The molecule has 0 saturated carbocycles. The molecule has 148 valence electrons. The van der Waals surface area contributed by atoms with E-state index in [0.29, 0.717) is 30.8 Å². The predicted molar refractivity (Wildman–Crippen MR) is 102 cm³/mol. The fraction of sp³-hybridized carbons (Fsp3) is 0.400. The summed E-state index contributed by atoms with van der Waals surface area (Å²) in [6, 6.07) is 9.55. The number of amides is 2. The van der Waals surface area contributed by atoms with Gasteiger partial charge in [0.2, 0.25) is 5.91 Å². The van der Waals surface area contributed by atoms with Crippen molar-refractivity contribution in [3.63, 3.8) is 0 Å². The van der Waals surface area contributed by atoms with Crippen molar-refractivity contribution in [1.29, 1.82) is 0 Å². The Labute approximate surface area is 163 Å². The largest absolute Gasteiger partial charge is 0.466 e. The number of esters is 1. The average molecular weight is 384 g/mol. The lowest BCUT2D eigenvalue weighted by Crippen LogP contribution is -2.45. The molecule has 1 fully saturated rings. The monoisotopic (exact) mass is 384 g/mol. The first-order valence-corrected chi connectivity index (χ1v) is 9.40. The van der Waals surface area contributed by atoms with E-state index in [0.717, 1.165) is 5.69 Å². The molecular weight excluding hydrogens is 360 g/mol. The molecule has 1 aliphatic heterocycles. The first-order valence-electron chi connectivity index (χ1n) is 9.40. The Morgan fingerprint density at radius 1 is 1.07 bits per heavy atom. The highest BCUT2D eigenvalue weighted by Crippen LogP contribution is 2.20. The standard InChI is InChI=1S/C20H24N4O4/c1-3-28-19(26)11-10-18(25)22-12-7-13-23(22)20(27)17-14-21-24(15(17)2)16-8-5-4-6-9-16/h4-6,8-9,14H,3,7,10-13H2,1-2H3. The van der Waals surface area contributed by atoms with E-state index in [1.165, 1.54) is 16.2 Å². The molecule has 1 aromatic carbocycles. The fourth-order valence-corrected chi connectivity index (χ4v) is 3.24. The maximum Gasteiger partial charge on any atom is 0.306 e. The number of ether oxygens (including phenoxy) is 1. The van der Waals surface area contributed by atoms with Crippen molar-refractivity contribution in [3.05, 3.63) is 47.8 Å². The van der Waals surface area contributed by atoms with Crippen LogP contribution in [0.3, 0.4) is 0 Å². The Balaban J connectivity index is 1.72. The van der Waals surface area contributed by atoms with Gasteiger partial charge in [-0.2, -0.15) is 5.10 Å². The normalized spacial score (nSPS) is 13.6. The number of para-hydroxylation sites is 1. The van der Waals surface area contributed by atoms with Gasteiger partial charge in [-0.05, 0) is 32.4 Å². The Kier molecular flexibility index (Phi) is 6.08. The summed E-state index contributed by atoms with van der Waals surface area (Å²) in [5, 5.41) is 7.22. The van der Waals surface area contributed by atoms with Crippen LogP contribution in [-0.4, -0.2) is 57.3 Å². The molecule has 1 saturated heterocycles. The van der Waals surface area contributed by atoms with E-state index in [9.17, 15) is 14.4 Å². The molecule has 0 aliphatic carbocycles. The van der Waals surface area contributed by atoms with Gasteiger partial charge in [0.15, 0.2) is 0 Å². The Bertz CT molecular complexity index is 862. The minimum absolute atomic E-state index is 0.0101. The van der Waals surface area contributed by atoms with Gasteiger partial charge >= 0.3 is 5.97 Å². The second-order valence-electron chi connectivity index (χ2n) is 6.49. The summed E-state index contributed by atoms with van der Waals surface area (Å²) in [5.74, 6) is -0.929. The highest BCUT2D eigenvalue weighted by molar-refractivity contribution is 5.96. The van der Waals surface area contributed by atoms with Crippen molar-refractivity contribution in [3.8, 4) is 5.69 Å². The average Bonchev–Trinajstić information content (AvgIpc) is 3.33. The van der Waals surface area contributed by atoms with Crippen LogP contribution in [0.4, 0.5) is 0 Å². The molecular formula is C20H24N4O4. The molecule has 8 nitrogen and oxygen atoms in total. The van der Waals surface area contributed by atoms with Gasteiger partial charge < -0.3 is 4.74 Å². The zero-order chi connectivity index (χ0) is 20.1. The molecule has 2 heterocycles. The van der Waals surface area contributed by atoms with E-state index >= 15 is 0 Å². The number of hydrazine groups is 1. The lowest BCUT2D eigenvalue weighted by Gasteiger charge is -2.27. The van der Waals surface area contributed by atoms with Gasteiger partial charge in [0.25, 0.3) is 5.91 Å². The number of aromatic nitrogens is 2. The topological polar surface area (TPSA) is 84.7 Å². The van der Waals surface area contributed by atoms with Crippen molar-refractivity contribution in [1.82, 2.24) is 19.8 Å². The summed E-state index contributed by atoms with van der Waals surface area (Å²) in [4.78, 5) is 37.1. The van der Waals surface area contributed by atoms with E-state index in [2.05, 4.69) is 5.10 Å². The first kappa shape index (κ1) is 19.6. The van der Waals surface area contributed by atoms with Crippen LogP contribution in [0.5, 0.6) is 0 Å². The van der Waals surface area contributed by atoms with Crippen molar-refractivity contribution < 1.29 is 19.1 Å². The van der Waals surface area contributed by atoms with E-state index in [-0.39, 0.29) is 31.3 Å². The minimum atomic E-state index is -0.409. The van der Waals surface area contributed by atoms with Crippen molar-refractivity contribution in [2.24, 2.45) is 0 Å². The summed E-state index contributed by atoms with van der Waals surface area (Å²) in [6.07, 6.45) is 2.26. The van der Waals surface area contributed by atoms with E-state index in [1.807, 2.05) is 37.3 Å². The van der Waals surface area contributed by atoms with E-state index in [1.54, 1.807) is 11.6 Å². The summed E-state index contributed by atoms with van der Waals surface area (Å²) >= 11 is 0. The number of benzene rings is 1. The third kappa shape index (κ3) is 4.05. The third-order valence-corrected chi connectivity index (χ3v) is 4.64. The van der Waals surface area contributed by atoms with E-state index in [4.69, 9.17) is 4.74 Å². The van der Waals surface area contributed by atoms with Gasteiger partial charge in [0.1, 0.15) is 0 Å². The van der Waals surface area contributed by atoms with Crippen LogP contribution >= 0.6 is 0 Å². The fourth-order valence-electron chi connectivity index (χ4n) is 3.24. The van der Waals surface area contributed by atoms with Crippen LogP contribution in [0.2, 0.25) is 0 Å². The highest BCUT2D eigenvalue weighted by Gasteiger charge is 2.33. The number of hydrogen-bond acceptors (Lipinski definition) is 5. The summed E-state index contributed by atoms with van der Waals surface area (Å²) < 4.78 is 6.56. The quantitative estimate of drug-likeness (QED) is 0.712. The SMILES string of the molecule is CCOC(=O)CCC(=O)N1CCCN1C(=O)c1cnn(-c2ccccc2)c1C. The maximum absolute atomic E-state index is 13.1. The second kappa shape index (κ2) is 8.69. The zero-order valence-electron chi connectivity index (χ0n) is 16.1. The summed E-state index contributed by atoms with van der Waals surface area (Å²) in [5.41, 5.74) is 2.03. The molecule has 0 bridgehead atoms. The molecule has 8 heteroatoms. The van der Waals surface area contributed by atoms with Gasteiger partial charge in [-0.15, -0.1) is 0 Å². The highest BCUT2D eigenvalue weighted by atomic mass is 16.5. The van der Waals surface area contributed by atoms with E-state index < -0.39 is 5.97 Å². The van der Waals surface area contributed by atoms with Crippen LogP contribution in [0.1, 0.15) is 42.2 Å².